The van der Waals surface area contributed by atoms with E-state index in [9.17, 15) is 9.59 Å². The Balaban J connectivity index is 2.49. The Hall–Kier alpha value is -1.85. The number of carbonyl (C=O) groups is 2. The average molecular weight is 184 g/mol. The molecule has 1 aromatic rings. The molecule has 1 heterocycles. The van der Waals surface area contributed by atoms with E-state index in [0.29, 0.717) is 5.69 Å². The van der Waals surface area contributed by atoms with Crippen LogP contribution in [0.5, 0.6) is 0 Å². The molecule has 70 valence electrons. The largest absolute Gasteiger partial charge is 0.430 e. The van der Waals surface area contributed by atoms with Gasteiger partial charge in [-0.3, -0.25) is 4.79 Å². The fraction of sp³-hybridized carbons (Fsp3) is 0.286. The number of imidazole rings is 1. The van der Waals surface area contributed by atoms with Gasteiger partial charge in [-0.2, -0.15) is 0 Å². The predicted octanol–water partition coefficient (Wildman–Crippen LogP) is -0.293. The molecule has 0 saturated heterocycles. The molecule has 13 heavy (non-hydrogen) atoms. The zero-order valence-electron chi connectivity index (χ0n) is 6.97. The van der Waals surface area contributed by atoms with Crippen molar-refractivity contribution in [1.82, 2.24) is 9.55 Å². The van der Waals surface area contributed by atoms with Crippen LogP contribution in [0.4, 0.5) is 0 Å². The minimum atomic E-state index is -0.582. The predicted molar refractivity (Wildman–Crippen MR) is 40.6 cm³/mol. The topological polar surface area (TPSA) is 70.4 Å². The van der Waals surface area contributed by atoms with E-state index < -0.39 is 5.97 Å². The van der Waals surface area contributed by atoms with Crippen molar-refractivity contribution in [3.05, 3.63) is 18.2 Å². The molecule has 6 nitrogen and oxygen atoms in total. The summed E-state index contributed by atoms with van der Waals surface area (Å²) in [6.07, 6.45) is 2.83. The standard InChI is InChI=1S/C7H8N2O4/c1-9-3-8-2-6(9)7(11)13-5-12-4-10/h2-4H,5H2,1H3. The second-order valence-electron chi connectivity index (χ2n) is 2.20. The summed E-state index contributed by atoms with van der Waals surface area (Å²) in [4.78, 5) is 24.6. The summed E-state index contributed by atoms with van der Waals surface area (Å²) in [6.45, 7) is -0.177. The molecule has 0 radical (unpaired) electrons. The normalized spacial score (nSPS) is 9.31. The van der Waals surface area contributed by atoms with Crippen LogP contribution in [-0.4, -0.2) is 28.8 Å². The first-order valence-electron chi connectivity index (χ1n) is 3.44. The summed E-state index contributed by atoms with van der Waals surface area (Å²) in [5.41, 5.74) is 0.300. The monoisotopic (exact) mass is 184 g/mol. The van der Waals surface area contributed by atoms with Gasteiger partial charge in [0.25, 0.3) is 6.47 Å². The van der Waals surface area contributed by atoms with Crippen molar-refractivity contribution in [2.45, 2.75) is 0 Å². The maximum Gasteiger partial charge on any atom is 0.359 e. The smallest absolute Gasteiger partial charge is 0.359 e. The van der Waals surface area contributed by atoms with Gasteiger partial charge in [0.15, 0.2) is 0 Å². The molecule has 0 aliphatic heterocycles. The number of nitrogens with zero attached hydrogens (tertiary/aromatic N) is 2. The molecule has 0 atom stereocenters. The van der Waals surface area contributed by atoms with Gasteiger partial charge in [-0.05, 0) is 0 Å². The van der Waals surface area contributed by atoms with Crippen molar-refractivity contribution in [2.24, 2.45) is 7.05 Å². The SMILES string of the molecule is Cn1cncc1C(=O)OCOC=O. The second-order valence-corrected chi connectivity index (χ2v) is 2.20. The second kappa shape index (κ2) is 4.24. The number of aryl methyl sites for hydroxylation is 1. The lowest BCUT2D eigenvalue weighted by molar-refractivity contribution is -0.136. The maximum atomic E-state index is 11.1. The van der Waals surface area contributed by atoms with Crippen LogP contribution in [0.3, 0.4) is 0 Å². The van der Waals surface area contributed by atoms with E-state index >= 15 is 0 Å². The Morgan fingerprint density at radius 1 is 1.77 bits per heavy atom. The van der Waals surface area contributed by atoms with Gasteiger partial charge in [0.1, 0.15) is 5.69 Å². The van der Waals surface area contributed by atoms with Gasteiger partial charge in [-0.15, -0.1) is 0 Å². The molecule has 0 saturated carbocycles. The van der Waals surface area contributed by atoms with Crippen LogP contribution in [0.2, 0.25) is 0 Å². The summed E-state index contributed by atoms with van der Waals surface area (Å²) in [7, 11) is 1.66. The third-order valence-corrected chi connectivity index (χ3v) is 1.35. The van der Waals surface area contributed by atoms with Crippen LogP contribution >= 0.6 is 0 Å². The molecule has 0 aliphatic carbocycles. The maximum absolute atomic E-state index is 11.1. The Bertz CT molecular complexity index is 307. The highest BCUT2D eigenvalue weighted by Gasteiger charge is 2.10. The number of hydrogen-bond donors (Lipinski definition) is 0. The molecule has 6 heteroatoms. The van der Waals surface area contributed by atoms with E-state index in [4.69, 9.17) is 0 Å². The first kappa shape index (κ1) is 9.24. The molecular weight excluding hydrogens is 176 g/mol. The van der Waals surface area contributed by atoms with E-state index in [2.05, 4.69) is 14.5 Å². The summed E-state index contributed by atoms with van der Waals surface area (Å²) >= 11 is 0. The zero-order chi connectivity index (χ0) is 9.68. The number of esters is 1. The lowest BCUT2D eigenvalue weighted by Gasteiger charge is -2.02. The lowest BCUT2D eigenvalue weighted by atomic mass is 10.5. The van der Waals surface area contributed by atoms with Gasteiger partial charge in [0.2, 0.25) is 6.79 Å². The van der Waals surface area contributed by atoms with Crippen molar-refractivity contribution < 1.29 is 19.1 Å². The molecule has 0 fully saturated rings. The van der Waals surface area contributed by atoms with E-state index in [1.54, 1.807) is 7.05 Å². The molecule has 0 bridgehead atoms. The van der Waals surface area contributed by atoms with E-state index in [-0.39, 0.29) is 13.3 Å². The van der Waals surface area contributed by atoms with Gasteiger partial charge < -0.3 is 14.0 Å². The van der Waals surface area contributed by atoms with Crippen LogP contribution in [0, 0.1) is 0 Å². The molecule has 0 unspecified atom stereocenters. The van der Waals surface area contributed by atoms with Crippen molar-refractivity contribution >= 4 is 12.4 Å². The van der Waals surface area contributed by atoms with E-state index in [1.807, 2.05) is 0 Å². The fourth-order valence-corrected chi connectivity index (χ4v) is 0.743. The van der Waals surface area contributed by atoms with Gasteiger partial charge in [0, 0.05) is 7.05 Å². The molecule has 0 aromatic carbocycles. The van der Waals surface area contributed by atoms with Crippen molar-refractivity contribution in [2.75, 3.05) is 6.79 Å². The number of hydrogen-bond acceptors (Lipinski definition) is 5. The van der Waals surface area contributed by atoms with Crippen molar-refractivity contribution in [3.8, 4) is 0 Å². The summed E-state index contributed by atoms with van der Waals surface area (Å²) in [5, 5.41) is 0. The molecule has 0 spiro atoms. The van der Waals surface area contributed by atoms with Crippen molar-refractivity contribution in [3.63, 3.8) is 0 Å². The van der Waals surface area contributed by atoms with E-state index in [0.717, 1.165) is 0 Å². The Morgan fingerprint density at radius 3 is 3.08 bits per heavy atom. The minimum Gasteiger partial charge on any atom is -0.430 e. The Morgan fingerprint density at radius 2 is 2.54 bits per heavy atom. The highest BCUT2D eigenvalue weighted by Crippen LogP contribution is 1.98. The van der Waals surface area contributed by atoms with Crippen LogP contribution in [-0.2, 0) is 21.3 Å². The first-order chi connectivity index (χ1) is 6.25. The Kier molecular flexibility index (Phi) is 3.02. The minimum absolute atomic E-state index is 0.205. The lowest BCUT2D eigenvalue weighted by Crippen LogP contribution is -2.11. The third kappa shape index (κ3) is 2.29. The summed E-state index contributed by atoms with van der Waals surface area (Å²) in [5.74, 6) is -0.582. The number of aromatic nitrogens is 2. The third-order valence-electron chi connectivity index (χ3n) is 1.35. The van der Waals surface area contributed by atoms with Crippen LogP contribution in [0.25, 0.3) is 0 Å². The molecule has 1 rings (SSSR count). The fourth-order valence-electron chi connectivity index (χ4n) is 0.743. The van der Waals surface area contributed by atoms with Crippen molar-refractivity contribution in [1.29, 1.82) is 0 Å². The highest BCUT2D eigenvalue weighted by molar-refractivity contribution is 5.87. The van der Waals surface area contributed by atoms with Gasteiger partial charge in [-0.1, -0.05) is 0 Å². The number of carbonyl (C=O) groups excluding carboxylic acids is 2. The van der Waals surface area contributed by atoms with Crippen LogP contribution < -0.4 is 0 Å². The summed E-state index contributed by atoms with van der Waals surface area (Å²) < 4.78 is 10.2. The number of ether oxygens (including phenoxy) is 2. The van der Waals surface area contributed by atoms with Gasteiger partial charge in [0.05, 0.1) is 12.5 Å². The van der Waals surface area contributed by atoms with E-state index in [1.165, 1.54) is 17.1 Å². The van der Waals surface area contributed by atoms with Gasteiger partial charge in [-0.25, -0.2) is 9.78 Å². The molecule has 0 N–H and O–H groups in total. The average Bonchev–Trinajstić information content (AvgIpc) is 2.52. The molecule has 0 amide bonds. The van der Waals surface area contributed by atoms with Crippen LogP contribution in [0.1, 0.15) is 10.5 Å². The summed E-state index contributed by atoms with van der Waals surface area (Å²) in [6, 6.07) is 0. The first-order valence-corrected chi connectivity index (χ1v) is 3.44. The quantitative estimate of drug-likeness (QED) is 0.278. The zero-order valence-corrected chi connectivity index (χ0v) is 6.97. The Labute approximate surface area is 74.1 Å². The molecule has 0 aliphatic rings. The molecular formula is C7H8N2O4. The van der Waals surface area contributed by atoms with Gasteiger partial charge >= 0.3 is 5.97 Å². The highest BCUT2D eigenvalue weighted by atomic mass is 16.7. The van der Waals surface area contributed by atoms with Crippen LogP contribution in [0.15, 0.2) is 12.5 Å². The number of rotatable bonds is 4. The molecule has 1 aromatic heterocycles.